The smallest absolute Gasteiger partial charge is 0.190 e. The van der Waals surface area contributed by atoms with Gasteiger partial charge in [0.05, 0.1) is 38.8 Å². The van der Waals surface area contributed by atoms with Crippen molar-refractivity contribution in [3.05, 3.63) is 10.7 Å². The van der Waals surface area contributed by atoms with Gasteiger partial charge in [-0.2, -0.15) is 0 Å². The van der Waals surface area contributed by atoms with Gasteiger partial charge in [0.2, 0.25) is 0 Å². The number of thioether (sulfide) groups is 1. The van der Waals surface area contributed by atoms with Crippen molar-refractivity contribution in [2.75, 3.05) is 44.4 Å². The second-order valence-corrected chi connectivity index (χ2v) is 5.43. The summed E-state index contributed by atoms with van der Waals surface area (Å²) in [5, 5.41) is 0.845. The molecule has 0 aliphatic carbocycles. The van der Waals surface area contributed by atoms with Crippen molar-refractivity contribution in [2.45, 2.75) is 5.16 Å². The van der Waals surface area contributed by atoms with E-state index in [-0.39, 0.29) is 5.15 Å². The van der Waals surface area contributed by atoms with E-state index < -0.39 is 0 Å². The Morgan fingerprint density at radius 1 is 1.39 bits per heavy atom. The molecule has 0 aromatic carbocycles. The summed E-state index contributed by atoms with van der Waals surface area (Å²) in [5.41, 5.74) is 0.397. The first kappa shape index (κ1) is 13.6. The van der Waals surface area contributed by atoms with Crippen molar-refractivity contribution in [2.24, 2.45) is 0 Å². The average molecular weight is 288 g/mol. The van der Waals surface area contributed by atoms with E-state index in [0.29, 0.717) is 16.5 Å². The van der Waals surface area contributed by atoms with Crippen LogP contribution < -0.4 is 9.80 Å². The van der Waals surface area contributed by atoms with Gasteiger partial charge in [0.1, 0.15) is 11.0 Å². The van der Waals surface area contributed by atoms with Crippen LogP contribution in [0.1, 0.15) is 10.4 Å². The van der Waals surface area contributed by atoms with Crippen molar-refractivity contribution >= 4 is 35.5 Å². The highest BCUT2D eigenvalue weighted by atomic mass is 35.5. The van der Waals surface area contributed by atoms with Crippen molar-refractivity contribution in [1.29, 1.82) is 0 Å². The van der Waals surface area contributed by atoms with Crippen LogP contribution in [0.3, 0.4) is 0 Å². The minimum atomic E-state index is 0.241. The molecule has 0 amide bonds. The molecule has 1 fully saturated rings. The fraction of sp³-hybridized carbons (Fsp3) is 0.545. The predicted molar refractivity (Wildman–Crippen MR) is 73.0 cm³/mol. The minimum absolute atomic E-state index is 0.241. The lowest BCUT2D eigenvalue weighted by Gasteiger charge is -2.31. The number of carbonyl (C=O) groups is 1. The third kappa shape index (κ3) is 2.76. The van der Waals surface area contributed by atoms with E-state index in [2.05, 4.69) is 21.9 Å². The lowest BCUT2D eigenvalue weighted by molar-refractivity contribution is -0.880. The Morgan fingerprint density at radius 3 is 2.61 bits per heavy atom. The molecular formula is C11H16ClN4OS+. The molecule has 7 heteroatoms. The summed E-state index contributed by atoms with van der Waals surface area (Å²) >= 11 is 7.46. The van der Waals surface area contributed by atoms with Crippen molar-refractivity contribution < 1.29 is 9.69 Å². The standard InChI is InChI=1S/C11H15ClN4OS/c1-15-3-5-16(6-4-15)10-8(7-17)9(12)13-11(14-10)18-2/h7H,3-6H2,1-2H3/p+1. The number of hydrogen-bond acceptors (Lipinski definition) is 5. The molecular weight excluding hydrogens is 272 g/mol. The summed E-state index contributed by atoms with van der Waals surface area (Å²) in [6, 6.07) is 0. The maximum absolute atomic E-state index is 11.2. The predicted octanol–water partition coefficient (Wildman–Crippen LogP) is -0.000900. The van der Waals surface area contributed by atoms with Crippen molar-refractivity contribution in [3.63, 3.8) is 0 Å². The summed E-state index contributed by atoms with van der Waals surface area (Å²) in [6.07, 6.45) is 2.64. The van der Waals surface area contributed by atoms with Gasteiger partial charge in [-0.3, -0.25) is 4.79 Å². The van der Waals surface area contributed by atoms with Crippen molar-refractivity contribution in [3.8, 4) is 0 Å². The molecule has 0 spiro atoms. The Bertz CT molecular complexity index is 449. The van der Waals surface area contributed by atoms with Crippen LogP contribution in [-0.2, 0) is 0 Å². The van der Waals surface area contributed by atoms with Crippen LogP contribution >= 0.6 is 23.4 Å². The summed E-state index contributed by atoms with van der Waals surface area (Å²) in [7, 11) is 2.16. The molecule has 2 heterocycles. The van der Waals surface area contributed by atoms with Gasteiger partial charge in [-0.05, 0) is 6.26 Å². The number of anilines is 1. The number of piperazine rings is 1. The van der Waals surface area contributed by atoms with E-state index >= 15 is 0 Å². The lowest BCUT2D eigenvalue weighted by Crippen LogP contribution is -3.12. The summed E-state index contributed by atoms with van der Waals surface area (Å²) < 4.78 is 0. The van der Waals surface area contributed by atoms with E-state index in [1.807, 2.05) is 6.26 Å². The first-order chi connectivity index (χ1) is 8.65. The van der Waals surface area contributed by atoms with Crippen LogP contribution in [0.5, 0.6) is 0 Å². The zero-order valence-electron chi connectivity index (χ0n) is 10.4. The van der Waals surface area contributed by atoms with Gasteiger partial charge in [-0.25, -0.2) is 9.97 Å². The minimum Gasteiger partial charge on any atom is -0.345 e. The molecule has 1 saturated heterocycles. The number of nitrogens with one attached hydrogen (secondary N) is 1. The molecule has 1 aromatic heterocycles. The lowest BCUT2D eigenvalue weighted by atomic mass is 10.2. The highest BCUT2D eigenvalue weighted by molar-refractivity contribution is 7.98. The van der Waals surface area contributed by atoms with Crippen LogP contribution in [-0.4, -0.2) is 55.7 Å². The number of quaternary nitrogens is 1. The molecule has 0 unspecified atom stereocenters. The molecule has 18 heavy (non-hydrogen) atoms. The van der Waals surface area contributed by atoms with Crippen molar-refractivity contribution in [1.82, 2.24) is 9.97 Å². The Hall–Kier alpha value is -0.850. The molecule has 5 nitrogen and oxygen atoms in total. The topological polar surface area (TPSA) is 50.5 Å². The summed E-state index contributed by atoms with van der Waals surface area (Å²) in [6.45, 7) is 3.84. The zero-order valence-corrected chi connectivity index (χ0v) is 12.0. The van der Waals surface area contributed by atoms with Gasteiger partial charge >= 0.3 is 0 Å². The quantitative estimate of drug-likeness (QED) is 0.367. The molecule has 2 rings (SSSR count). The van der Waals surface area contributed by atoms with Gasteiger partial charge in [0, 0.05) is 0 Å². The molecule has 1 N–H and O–H groups in total. The van der Waals surface area contributed by atoms with Crippen LogP contribution in [0.2, 0.25) is 5.15 Å². The van der Waals surface area contributed by atoms with Gasteiger partial charge in [-0.15, -0.1) is 0 Å². The summed E-state index contributed by atoms with van der Waals surface area (Å²) in [4.78, 5) is 23.3. The third-order valence-corrected chi connectivity index (χ3v) is 3.91. The largest absolute Gasteiger partial charge is 0.345 e. The van der Waals surface area contributed by atoms with E-state index in [4.69, 9.17) is 11.6 Å². The van der Waals surface area contributed by atoms with E-state index in [1.54, 1.807) is 0 Å². The third-order valence-electron chi connectivity index (χ3n) is 3.08. The second-order valence-electron chi connectivity index (χ2n) is 4.30. The molecule has 1 aromatic rings. The van der Waals surface area contributed by atoms with Crippen LogP contribution in [0.15, 0.2) is 5.16 Å². The zero-order chi connectivity index (χ0) is 13.1. The van der Waals surface area contributed by atoms with E-state index in [1.165, 1.54) is 16.7 Å². The van der Waals surface area contributed by atoms with Crippen LogP contribution in [0.25, 0.3) is 0 Å². The fourth-order valence-electron chi connectivity index (χ4n) is 1.95. The molecule has 0 radical (unpaired) electrons. The van der Waals surface area contributed by atoms with Crippen LogP contribution in [0.4, 0.5) is 5.82 Å². The van der Waals surface area contributed by atoms with E-state index in [0.717, 1.165) is 32.5 Å². The second kappa shape index (κ2) is 5.86. The number of hydrogen-bond donors (Lipinski definition) is 1. The Labute approximate surface area is 116 Å². The van der Waals surface area contributed by atoms with Crippen LogP contribution in [0, 0.1) is 0 Å². The average Bonchev–Trinajstić information content (AvgIpc) is 2.38. The summed E-state index contributed by atoms with van der Waals surface area (Å²) in [5.74, 6) is 0.668. The monoisotopic (exact) mass is 287 g/mol. The Kier molecular flexibility index (Phi) is 4.42. The number of aromatic nitrogens is 2. The fourth-order valence-corrected chi connectivity index (χ4v) is 2.57. The molecule has 98 valence electrons. The van der Waals surface area contributed by atoms with Gasteiger partial charge in [-0.1, -0.05) is 23.4 Å². The van der Waals surface area contributed by atoms with E-state index in [9.17, 15) is 4.79 Å². The first-order valence-electron chi connectivity index (χ1n) is 5.78. The number of halogens is 1. The molecule has 0 bridgehead atoms. The van der Waals surface area contributed by atoms with Gasteiger partial charge in [0.15, 0.2) is 11.4 Å². The Morgan fingerprint density at radius 2 is 2.06 bits per heavy atom. The SMILES string of the molecule is CSc1nc(Cl)c(C=O)c(N2CC[NH+](C)CC2)n1. The maximum atomic E-state index is 11.2. The number of likely N-dealkylation sites (N-methyl/N-ethyl adjacent to an activating group) is 1. The van der Waals surface area contributed by atoms with Gasteiger partial charge in [0.25, 0.3) is 0 Å². The molecule has 1 aliphatic rings. The number of carbonyl (C=O) groups excluding carboxylic acids is 1. The molecule has 0 atom stereocenters. The number of aldehydes is 1. The number of nitrogens with zero attached hydrogens (tertiary/aromatic N) is 3. The highest BCUT2D eigenvalue weighted by Gasteiger charge is 2.23. The molecule has 1 aliphatic heterocycles. The highest BCUT2D eigenvalue weighted by Crippen LogP contribution is 2.25. The molecule has 0 saturated carbocycles. The van der Waals surface area contributed by atoms with Gasteiger partial charge < -0.3 is 9.80 Å². The Balaban J connectivity index is 2.35. The maximum Gasteiger partial charge on any atom is 0.190 e. The number of rotatable bonds is 3. The first-order valence-corrected chi connectivity index (χ1v) is 7.39. The normalized spacial score (nSPS) is 16.9.